The number of hydrogen-bond acceptors (Lipinski definition) is 6. The first-order valence-electron chi connectivity index (χ1n) is 9.23. The van der Waals surface area contributed by atoms with Crippen LogP contribution in [0.1, 0.15) is 12.0 Å². The van der Waals surface area contributed by atoms with Gasteiger partial charge < -0.3 is 10.6 Å². The van der Waals surface area contributed by atoms with E-state index in [0.717, 1.165) is 16.8 Å². The molecule has 144 valence electrons. The molecule has 2 N–H and O–H groups in total. The lowest BCUT2D eigenvalue weighted by atomic mass is 10.2. The van der Waals surface area contributed by atoms with Crippen molar-refractivity contribution >= 4 is 27.2 Å². The van der Waals surface area contributed by atoms with Crippen molar-refractivity contribution in [3.05, 3.63) is 66.2 Å². The van der Waals surface area contributed by atoms with Crippen LogP contribution in [0.4, 0.5) is 17.3 Å². The number of nitrogens with zero attached hydrogens (tertiary/aromatic N) is 2. The number of hydrogen-bond donors (Lipinski definition) is 2. The lowest BCUT2D eigenvalue weighted by molar-refractivity contribution is 0.602. The third-order valence-electron chi connectivity index (χ3n) is 4.75. The minimum atomic E-state index is -2.96. The van der Waals surface area contributed by atoms with Gasteiger partial charge in [-0.2, -0.15) is 0 Å². The van der Waals surface area contributed by atoms with Gasteiger partial charge in [-0.05, 0) is 25.0 Å². The zero-order valence-corrected chi connectivity index (χ0v) is 16.4. The highest BCUT2D eigenvalue weighted by atomic mass is 32.2. The second kappa shape index (κ2) is 7.59. The van der Waals surface area contributed by atoms with Crippen LogP contribution in [0.15, 0.2) is 60.7 Å². The van der Waals surface area contributed by atoms with E-state index < -0.39 is 9.84 Å². The number of sulfone groups is 1. The molecule has 0 spiro atoms. The highest BCUT2D eigenvalue weighted by molar-refractivity contribution is 7.91. The Morgan fingerprint density at radius 2 is 1.68 bits per heavy atom. The van der Waals surface area contributed by atoms with Crippen LogP contribution >= 0.6 is 0 Å². The second-order valence-electron chi connectivity index (χ2n) is 7.01. The van der Waals surface area contributed by atoms with Gasteiger partial charge in [-0.25, -0.2) is 18.4 Å². The van der Waals surface area contributed by atoms with Gasteiger partial charge in [-0.1, -0.05) is 48.5 Å². The largest absolute Gasteiger partial charge is 0.366 e. The zero-order valence-electron chi connectivity index (χ0n) is 15.6. The van der Waals surface area contributed by atoms with Gasteiger partial charge >= 0.3 is 0 Å². The fraction of sp³-hybridized carbons (Fsp3) is 0.238. The van der Waals surface area contributed by atoms with E-state index in [1.807, 2.05) is 67.6 Å². The SMILES string of the molecule is Cc1ccccc1Nc1cc(NC2CCS(=O)(=O)C2)nc(-c2ccccc2)n1. The molecule has 1 aromatic heterocycles. The topological polar surface area (TPSA) is 84.0 Å². The molecule has 0 bridgehead atoms. The van der Waals surface area contributed by atoms with E-state index in [0.29, 0.717) is 23.9 Å². The molecule has 1 atom stereocenters. The maximum Gasteiger partial charge on any atom is 0.163 e. The van der Waals surface area contributed by atoms with Gasteiger partial charge in [0.25, 0.3) is 0 Å². The molecule has 6 nitrogen and oxygen atoms in total. The Bertz CT molecular complexity index is 1080. The average Bonchev–Trinajstić information content (AvgIpc) is 3.02. The number of rotatable bonds is 5. The minimum absolute atomic E-state index is 0.130. The third-order valence-corrected chi connectivity index (χ3v) is 6.52. The maximum atomic E-state index is 11.8. The molecule has 1 fully saturated rings. The van der Waals surface area contributed by atoms with E-state index in [2.05, 4.69) is 20.6 Å². The van der Waals surface area contributed by atoms with Crippen molar-refractivity contribution in [1.29, 1.82) is 0 Å². The van der Waals surface area contributed by atoms with E-state index in [1.54, 1.807) is 0 Å². The number of anilines is 3. The molecule has 0 saturated carbocycles. The number of benzene rings is 2. The Hall–Kier alpha value is -2.93. The third kappa shape index (κ3) is 4.31. The summed E-state index contributed by atoms with van der Waals surface area (Å²) in [6, 6.07) is 19.4. The molecule has 1 saturated heterocycles. The first-order valence-corrected chi connectivity index (χ1v) is 11.0. The van der Waals surface area contributed by atoms with Gasteiger partial charge in [0, 0.05) is 23.4 Å². The van der Waals surface area contributed by atoms with Gasteiger partial charge in [-0.15, -0.1) is 0 Å². The Kier molecular flexibility index (Phi) is 5.00. The van der Waals surface area contributed by atoms with Crippen LogP contribution in [0, 0.1) is 6.92 Å². The summed E-state index contributed by atoms with van der Waals surface area (Å²) in [6.07, 6.45) is 0.591. The first-order chi connectivity index (χ1) is 13.5. The van der Waals surface area contributed by atoms with Gasteiger partial charge in [-0.3, -0.25) is 0 Å². The Morgan fingerprint density at radius 1 is 0.964 bits per heavy atom. The number of aryl methyl sites for hydroxylation is 1. The molecule has 0 aliphatic carbocycles. The van der Waals surface area contributed by atoms with E-state index in [9.17, 15) is 8.42 Å². The minimum Gasteiger partial charge on any atom is -0.366 e. The molecule has 3 aromatic rings. The van der Waals surface area contributed by atoms with Gasteiger partial charge in [0.15, 0.2) is 15.7 Å². The molecular formula is C21H22N4O2S. The molecule has 2 aromatic carbocycles. The smallest absolute Gasteiger partial charge is 0.163 e. The van der Waals surface area contributed by atoms with Crippen LogP contribution in [0.3, 0.4) is 0 Å². The predicted molar refractivity (Wildman–Crippen MR) is 113 cm³/mol. The van der Waals surface area contributed by atoms with Crippen LogP contribution < -0.4 is 10.6 Å². The van der Waals surface area contributed by atoms with Gasteiger partial charge in [0.1, 0.15) is 11.6 Å². The molecule has 1 unspecified atom stereocenters. The summed E-state index contributed by atoms with van der Waals surface area (Å²) in [5.41, 5.74) is 2.98. The summed E-state index contributed by atoms with van der Waals surface area (Å²) in [6.45, 7) is 2.03. The van der Waals surface area contributed by atoms with E-state index in [4.69, 9.17) is 0 Å². The summed E-state index contributed by atoms with van der Waals surface area (Å²) in [4.78, 5) is 9.28. The summed E-state index contributed by atoms with van der Waals surface area (Å²) in [5.74, 6) is 2.22. The standard InChI is InChI=1S/C21H22N4O2S/c1-15-7-5-6-10-18(15)23-20-13-19(22-17-11-12-28(26,27)14-17)24-21(25-20)16-8-3-2-4-9-16/h2-10,13,17H,11-12,14H2,1H3,(H2,22,23,24,25). The van der Waals surface area contributed by atoms with Crippen molar-refractivity contribution in [3.63, 3.8) is 0 Å². The summed E-state index contributed by atoms with van der Waals surface area (Å²) in [7, 11) is -2.96. The second-order valence-corrected chi connectivity index (χ2v) is 9.24. The normalized spacial score (nSPS) is 18.0. The van der Waals surface area contributed by atoms with E-state index in [1.165, 1.54) is 0 Å². The summed E-state index contributed by atoms with van der Waals surface area (Å²) < 4.78 is 23.6. The predicted octanol–water partition coefficient (Wildman–Crippen LogP) is 3.79. The van der Waals surface area contributed by atoms with Crippen molar-refractivity contribution in [3.8, 4) is 11.4 Å². The molecule has 7 heteroatoms. The monoisotopic (exact) mass is 394 g/mol. The number of nitrogens with one attached hydrogen (secondary N) is 2. The van der Waals surface area contributed by atoms with Gasteiger partial charge in [0.05, 0.1) is 11.5 Å². The van der Waals surface area contributed by atoms with Crippen molar-refractivity contribution in [2.75, 3.05) is 22.1 Å². The lowest BCUT2D eigenvalue weighted by Crippen LogP contribution is -2.21. The molecule has 0 radical (unpaired) electrons. The molecule has 2 heterocycles. The highest BCUT2D eigenvalue weighted by Gasteiger charge is 2.28. The molecule has 1 aliphatic rings. The molecule has 0 amide bonds. The van der Waals surface area contributed by atoms with Crippen LogP contribution in [-0.4, -0.2) is 35.9 Å². The lowest BCUT2D eigenvalue weighted by Gasteiger charge is -2.15. The van der Waals surface area contributed by atoms with Crippen molar-refractivity contribution in [2.24, 2.45) is 0 Å². The van der Waals surface area contributed by atoms with Crippen LogP contribution in [0.5, 0.6) is 0 Å². The molecular weight excluding hydrogens is 372 g/mol. The highest BCUT2D eigenvalue weighted by Crippen LogP contribution is 2.25. The van der Waals surface area contributed by atoms with Crippen molar-refractivity contribution < 1.29 is 8.42 Å². The van der Waals surface area contributed by atoms with E-state index >= 15 is 0 Å². The Balaban J connectivity index is 1.68. The van der Waals surface area contributed by atoms with Gasteiger partial charge in [0.2, 0.25) is 0 Å². The zero-order chi connectivity index (χ0) is 19.6. The maximum absolute atomic E-state index is 11.8. The fourth-order valence-electron chi connectivity index (χ4n) is 3.27. The van der Waals surface area contributed by atoms with E-state index in [-0.39, 0.29) is 17.5 Å². The fourth-order valence-corrected chi connectivity index (χ4v) is 4.94. The first kappa shape index (κ1) is 18.4. The molecule has 1 aliphatic heterocycles. The quantitative estimate of drug-likeness (QED) is 0.685. The summed E-state index contributed by atoms with van der Waals surface area (Å²) in [5, 5.41) is 6.63. The van der Waals surface area contributed by atoms with Crippen LogP contribution in [0.25, 0.3) is 11.4 Å². The van der Waals surface area contributed by atoms with Crippen molar-refractivity contribution in [1.82, 2.24) is 9.97 Å². The molecule has 4 rings (SSSR count). The Labute approximate surface area is 165 Å². The Morgan fingerprint density at radius 3 is 2.39 bits per heavy atom. The number of para-hydroxylation sites is 1. The van der Waals surface area contributed by atoms with Crippen LogP contribution in [0.2, 0.25) is 0 Å². The van der Waals surface area contributed by atoms with Crippen molar-refractivity contribution in [2.45, 2.75) is 19.4 Å². The number of aromatic nitrogens is 2. The van der Waals surface area contributed by atoms with Crippen LogP contribution in [-0.2, 0) is 9.84 Å². The summed E-state index contributed by atoms with van der Waals surface area (Å²) >= 11 is 0. The molecule has 28 heavy (non-hydrogen) atoms. The average molecular weight is 395 g/mol.